The van der Waals surface area contributed by atoms with Gasteiger partial charge in [-0.2, -0.15) is 0 Å². The second kappa shape index (κ2) is 5.96. The zero-order valence-electron chi connectivity index (χ0n) is 10.3. The molecule has 94 valence electrons. The first-order valence-electron chi connectivity index (χ1n) is 5.75. The first-order chi connectivity index (χ1) is 7.94. The molecule has 1 aromatic rings. The number of hydrogen-bond donors (Lipinski definition) is 0. The lowest BCUT2D eigenvalue weighted by molar-refractivity contribution is 0.102. The normalized spacial score (nSPS) is 11.4. The number of hydrogen-bond acceptors (Lipinski definition) is 3. The lowest BCUT2D eigenvalue weighted by atomic mass is 10.1. The first kappa shape index (κ1) is 13.9. The Kier molecular flexibility index (Phi) is 4.87. The highest BCUT2D eigenvalue weighted by molar-refractivity contribution is 7.92. The van der Waals surface area contributed by atoms with Gasteiger partial charge in [-0.05, 0) is 13.3 Å². The van der Waals surface area contributed by atoms with Gasteiger partial charge in [0.15, 0.2) is 15.6 Å². The average Bonchev–Trinajstić information content (AvgIpc) is 2.26. The van der Waals surface area contributed by atoms with E-state index in [1.54, 1.807) is 12.1 Å². The highest BCUT2D eigenvalue weighted by Gasteiger charge is 2.17. The fourth-order valence-corrected chi connectivity index (χ4v) is 2.90. The predicted octanol–water partition coefficient (Wildman–Crippen LogP) is 2.39. The Morgan fingerprint density at radius 1 is 1.18 bits per heavy atom. The van der Waals surface area contributed by atoms with Gasteiger partial charge in [0.2, 0.25) is 0 Å². The second-order valence-electron chi connectivity index (χ2n) is 4.23. The number of carbonyl (C=O) groups excluding carboxylic acids is 1. The van der Waals surface area contributed by atoms with Gasteiger partial charge in [0.05, 0.1) is 5.75 Å². The van der Waals surface area contributed by atoms with Crippen molar-refractivity contribution in [2.24, 2.45) is 0 Å². The molecule has 0 saturated carbocycles. The molecule has 17 heavy (non-hydrogen) atoms. The summed E-state index contributed by atoms with van der Waals surface area (Å²) in [5, 5.41) is 0. The number of Topliss-reactive ketones (excluding diaryl/α,β-unsaturated/α-hetero) is 1. The molecule has 1 aromatic carbocycles. The van der Waals surface area contributed by atoms with Crippen LogP contribution in [0, 0.1) is 6.92 Å². The molecule has 0 atom stereocenters. The van der Waals surface area contributed by atoms with Crippen LogP contribution < -0.4 is 0 Å². The summed E-state index contributed by atoms with van der Waals surface area (Å²) in [5.41, 5.74) is 1.52. The quantitative estimate of drug-likeness (QED) is 0.732. The molecule has 0 heterocycles. The third-order valence-corrected chi connectivity index (χ3v) is 4.15. The minimum absolute atomic E-state index is 0.0983. The van der Waals surface area contributed by atoms with Crippen LogP contribution in [-0.4, -0.2) is 25.7 Å². The molecule has 0 aliphatic carbocycles. The van der Waals surface area contributed by atoms with Gasteiger partial charge in [-0.3, -0.25) is 4.79 Å². The monoisotopic (exact) mass is 254 g/mol. The average molecular weight is 254 g/mol. The number of benzene rings is 1. The van der Waals surface area contributed by atoms with E-state index < -0.39 is 9.84 Å². The fraction of sp³-hybridized carbons (Fsp3) is 0.462. The summed E-state index contributed by atoms with van der Waals surface area (Å²) >= 11 is 0. The summed E-state index contributed by atoms with van der Waals surface area (Å²) < 4.78 is 23.2. The zero-order chi connectivity index (χ0) is 12.9. The SMILES string of the molecule is CCCCS(=O)(=O)CC(=O)c1ccc(C)cc1. The minimum atomic E-state index is -3.25. The van der Waals surface area contributed by atoms with Crippen LogP contribution >= 0.6 is 0 Å². The van der Waals surface area contributed by atoms with Crippen molar-refractivity contribution in [1.82, 2.24) is 0 Å². The Morgan fingerprint density at radius 2 is 1.76 bits per heavy atom. The van der Waals surface area contributed by atoms with E-state index in [1.807, 2.05) is 26.0 Å². The van der Waals surface area contributed by atoms with Gasteiger partial charge in [0.1, 0.15) is 5.75 Å². The molecule has 0 bridgehead atoms. The molecule has 4 heteroatoms. The number of carbonyl (C=O) groups is 1. The second-order valence-corrected chi connectivity index (χ2v) is 6.42. The van der Waals surface area contributed by atoms with E-state index in [2.05, 4.69) is 0 Å². The van der Waals surface area contributed by atoms with E-state index in [0.717, 1.165) is 12.0 Å². The van der Waals surface area contributed by atoms with Crippen LogP contribution in [0.4, 0.5) is 0 Å². The smallest absolute Gasteiger partial charge is 0.177 e. The molecule has 3 nitrogen and oxygen atoms in total. The first-order valence-corrected chi connectivity index (χ1v) is 7.57. The van der Waals surface area contributed by atoms with Crippen LogP contribution in [0.15, 0.2) is 24.3 Å². The molecule has 0 unspecified atom stereocenters. The molecular weight excluding hydrogens is 236 g/mol. The molecule has 0 saturated heterocycles. The van der Waals surface area contributed by atoms with Gasteiger partial charge < -0.3 is 0 Å². The van der Waals surface area contributed by atoms with E-state index in [9.17, 15) is 13.2 Å². The summed E-state index contributed by atoms with van der Waals surface area (Å²) in [6.07, 6.45) is 1.43. The van der Waals surface area contributed by atoms with Gasteiger partial charge in [-0.25, -0.2) is 8.42 Å². The fourth-order valence-electron chi connectivity index (χ4n) is 1.46. The molecule has 0 amide bonds. The molecule has 0 aliphatic rings. The summed E-state index contributed by atoms with van der Waals surface area (Å²) in [4.78, 5) is 11.8. The van der Waals surface area contributed by atoms with Crippen molar-refractivity contribution in [3.05, 3.63) is 35.4 Å². The van der Waals surface area contributed by atoms with Crippen molar-refractivity contribution in [2.75, 3.05) is 11.5 Å². The van der Waals surface area contributed by atoms with Crippen molar-refractivity contribution in [3.63, 3.8) is 0 Å². The highest BCUT2D eigenvalue weighted by Crippen LogP contribution is 2.07. The van der Waals surface area contributed by atoms with Gasteiger partial charge in [-0.1, -0.05) is 43.2 Å². The lowest BCUT2D eigenvalue weighted by Crippen LogP contribution is -2.19. The summed E-state index contributed by atoms with van der Waals surface area (Å²) in [6.45, 7) is 3.85. The molecule has 1 rings (SSSR count). The Balaban J connectivity index is 2.69. The maximum Gasteiger partial charge on any atom is 0.177 e. The number of unbranched alkanes of at least 4 members (excludes halogenated alkanes) is 1. The molecule has 0 aromatic heterocycles. The van der Waals surface area contributed by atoms with Crippen LogP contribution in [0.2, 0.25) is 0 Å². The van der Waals surface area contributed by atoms with Crippen LogP contribution in [0.25, 0.3) is 0 Å². The lowest BCUT2D eigenvalue weighted by Gasteiger charge is -2.03. The Hall–Kier alpha value is -1.16. The largest absolute Gasteiger partial charge is 0.293 e. The zero-order valence-corrected chi connectivity index (χ0v) is 11.1. The summed E-state index contributed by atoms with van der Waals surface area (Å²) in [6, 6.07) is 6.97. The summed E-state index contributed by atoms with van der Waals surface area (Å²) in [5.74, 6) is -0.599. The maximum atomic E-state index is 11.8. The Bertz CT molecular complexity index is 472. The van der Waals surface area contributed by atoms with Crippen LogP contribution in [0.3, 0.4) is 0 Å². The standard InChI is InChI=1S/C13H18O3S/c1-3-4-9-17(15,16)10-13(14)12-7-5-11(2)6-8-12/h5-8H,3-4,9-10H2,1-2H3. The number of aryl methyl sites for hydroxylation is 1. The van der Waals surface area contributed by atoms with Crippen LogP contribution in [0.1, 0.15) is 35.7 Å². The van der Waals surface area contributed by atoms with Gasteiger partial charge in [-0.15, -0.1) is 0 Å². The molecule has 0 radical (unpaired) electrons. The Labute approximate surface area is 103 Å². The van der Waals surface area contributed by atoms with Crippen molar-refractivity contribution in [2.45, 2.75) is 26.7 Å². The molecule has 0 spiro atoms. The molecule has 0 aliphatic heterocycles. The van der Waals surface area contributed by atoms with Crippen molar-refractivity contribution in [1.29, 1.82) is 0 Å². The van der Waals surface area contributed by atoms with E-state index in [-0.39, 0.29) is 17.3 Å². The van der Waals surface area contributed by atoms with E-state index in [1.165, 1.54) is 0 Å². The topological polar surface area (TPSA) is 51.2 Å². The molecule has 0 fully saturated rings. The van der Waals surface area contributed by atoms with Crippen molar-refractivity contribution in [3.8, 4) is 0 Å². The predicted molar refractivity (Wildman–Crippen MR) is 69.1 cm³/mol. The molecular formula is C13H18O3S. The number of rotatable bonds is 6. The highest BCUT2D eigenvalue weighted by atomic mass is 32.2. The van der Waals surface area contributed by atoms with Gasteiger partial charge >= 0.3 is 0 Å². The number of ketones is 1. The van der Waals surface area contributed by atoms with Crippen molar-refractivity contribution >= 4 is 15.6 Å². The third-order valence-electron chi connectivity index (χ3n) is 2.53. The van der Waals surface area contributed by atoms with Crippen molar-refractivity contribution < 1.29 is 13.2 Å². The summed E-state index contributed by atoms with van der Waals surface area (Å²) in [7, 11) is -3.25. The van der Waals surface area contributed by atoms with E-state index in [0.29, 0.717) is 12.0 Å². The minimum Gasteiger partial charge on any atom is -0.293 e. The van der Waals surface area contributed by atoms with E-state index >= 15 is 0 Å². The Morgan fingerprint density at radius 3 is 2.29 bits per heavy atom. The number of sulfone groups is 1. The molecule has 0 N–H and O–H groups in total. The third kappa shape index (κ3) is 4.69. The van der Waals surface area contributed by atoms with E-state index in [4.69, 9.17) is 0 Å². The van der Waals surface area contributed by atoms with Gasteiger partial charge in [0, 0.05) is 5.56 Å². The van der Waals surface area contributed by atoms with Crippen LogP contribution in [0.5, 0.6) is 0 Å². The van der Waals surface area contributed by atoms with Crippen LogP contribution in [-0.2, 0) is 9.84 Å². The van der Waals surface area contributed by atoms with Gasteiger partial charge in [0.25, 0.3) is 0 Å². The maximum absolute atomic E-state index is 11.8.